The number of halogens is 4. The normalized spacial score (nSPS) is 16.8. The van der Waals surface area contributed by atoms with E-state index in [4.69, 9.17) is 16.7 Å². The largest absolute Gasteiger partial charge is 0.418 e. The Balaban J connectivity index is 2.07. The Bertz CT molecular complexity index is 620. The summed E-state index contributed by atoms with van der Waals surface area (Å²) in [5, 5.41) is 22.3. The van der Waals surface area contributed by atoms with Crippen LogP contribution in [0, 0.1) is 16.0 Å². The van der Waals surface area contributed by atoms with Crippen molar-refractivity contribution in [2.24, 2.45) is 5.92 Å². The van der Waals surface area contributed by atoms with Crippen molar-refractivity contribution in [2.75, 3.05) is 38.1 Å². The number of alkyl halides is 3. The third-order valence-corrected chi connectivity index (χ3v) is 4.60. The lowest BCUT2D eigenvalue weighted by Crippen LogP contribution is -2.37. The summed E-state index contributed by atoms with van der Waals surface area (Å²) in [6.45, 7) is 2.74. The minimum atomic E-state index is -4.75. The first kappa shape index (κ1) is 19.7. The summed E-state index contributed by atoms with van der Waals surface area (Å²) in [6, 6.07) is 1.43. The molecule has 2 N–H and O–H groups in total. The molecular formula is C15H19ClF3N3O3. The Morgan fingerprint density at radius 1 is 1.36 bits per heavy atom. The molecule has 1 aliphatic rings. The molecule has 0 atom stereocenters. The Kier molecular flexibility index (Phi) is 6.47. The average molecular weight is 382 g/mol. The topological polar surface area (TPSA) is 78.6 Å². The minimum Gasteiger partial charge on any atom is -0.395 e. The molecule has 25 heavy (non-hydrogen) atoms. The molecule has 6 nitrogen and oxygen atoms in total. The maximum Gasteiger partial charge on any atom is 0.418 e. The van der Waals surface area contributed by atoms with E-state index in [1.165, 1.54) is 0 Å². The highest BCUT2D eigenvalue weighted by atomic mass is 35.5. The lowest BCUT2D eigenvalue weighted by molar-refractivity contribution is -0.384. The van der Waals surface area contributed by atoms with Crippen molar-refractivity contribution in [3.8, 4) is 0 Å². The Morgan fingerprint density at radius 2 is 2.00 bits per heavy atom. The third kappa shape index (κ3) is 5.20. The standard InChI is InChI=1S/C15H19ClF3N3O3/c16-12-8-13(14(22(24)25)7-11(12)15(17,18)19)20-9-10-1-3-21(4-2-10)5-6-23/h7-8,10,20,23H,1-6,9H2. The van der Waals surface area contributed by atoms with Crippen LogP contribution in [0.5, 0.6) is 0 Å². The number of benzene rings is 1. The number of hydrogen-bond acceptors (Lipinski definition) is 5. The third-order valence-electron chi connectivity index (χ3n) is 4.29. The second kappa shape index (κ2) is 8.20. The van der Waals surface area contributed by atoms with E-state index in [0.29, 0.717) is 19.2 Å². The molecule has 0 saturated carbocycles. The number of β-amino-alcohol motifs (C(OH)–C–C–N with tert-alkyl or cyclic N) is 1. The van der Waals surface area contributed by atoms with Gasteiger partial charge in [-0.15, -0.1) is 0 Å². The van der Waals surface area contributed by atoms with E-state index in [1.807, 2.05) is 0 Å². The number of nitrogens with one attached hydrogen (secondary N) is 1. The number of piperidine rings is 1. The van der Waals surface area contributed by atoms with E-state index in [9.17, 15) is 23.3 Å². The van der Waals surface area contributed by atoms with Gasteiger partial charge in [-0.25, -0.2) is 0 Å². The van der Waals surface area contributed by atoms with E-state index in [1.54, 1.807) is 0 Å². The Hall–Kier alpha value is -1.58. The summed E-state index contributed by atoms with van der Waals surface area (Å²) in [5.41, 5.74) is -1.88. The van der Waals surface area contributed by atoms with Crippen LogP contribution >= 0.6 is 11.6 Å². The molecule has 1 fully saturated rings. The molecule has 1 saturated heterocycles. The van der Waals surface area contributed by atoms with Gasteiger partial charge in [0.15, 0.2) is 0 Å². The van der Waals surface area contributed by atoms with Crippen molar-refractivity contribution in [3.63, 3.8) is 0 Å². The number of aliphatic hydroxyl groups excluding tert-OH is 1. The molecule has 1 aromatic carbocycles. The van der Waals surface area contributed by atoms with Crippen molar-refractivity contribution < 1.29 is 23.2 Å². The van der Waals surface area contributed by atoms with Crippen LogP contribution in [-0.4, -0.2) is 47.7 Å². The Morgan fingerprint density at radius 3 is 2.52 bits per heavy atom. The number of anilines is 1. The molecule has 0 radical (unpaired) electrons. The summed E-state index contributed by atoms with van der Waals surface area (Å²) in [5.74, 6) is 0.246. The van der Waals surface area contributed by atoms with Gasteiger partial charge in [0.25, 0.3) is 5.69 Å². The van der Waals surface area contributed by atoms with Crippen molar-refractivity contribution in [2.45, 2.75) is 19.0 Å². The van der Waals surface area contributed by atoms with Crippen LogP contribution in [0.15, 0.2) is 12.1 Å². The number of nitrogens with zero attached hydrogens (tertiary/aromatic N) is 2. The SMILES string of the molecule is O=[N+]([O-])c1cc(C(F)(F)F)c(Cl)cc1NCC1CCN(CCO)CC1. The molecule has 0 spiro atoms. The molecule has 0 amide bonds. The molecule has 10 heteroatoms. The van der Waals surface area contributed by atoms with Gasteiger partial charge in [-0.1, -0.05) is 11.6 Å². The second-order valence-corrected chi connectivity index (χ2v) is 6.40. The van der Waals surface area contributed by atoms with Crippen molar-refractivity contribution in [1.29, 1.82) is 0 Å². The van der Waals surface area contributed by atoms with Gasteiger partial charge in [0, 0.05) is 19.2 Å². The van der Waals surface area contributed by atoms with Crippen LogP contribution < -0.4 is 5.32 Å². The van der Waals surface area contributed by atoms with Crippen molar-refractivity contribution in [3.05, 3.63) is 32.8 Å². The first-order chi connectivity index (χ1) is 11.7. The Labute approximate surface area is 147 Å². The van der Waals surface area contributed by atoms with Crippen LogP contribution in [0.3, 0.4) is 0 Å². The first-order valence-electron chi connectivity index (χ1n) is 7.84. The van der Waals surface area contributed by atoms with Gasteiger partial charge in [0.2, 0.25) is 0 Å². The number of nitro benzene ring substituents is 1. The summed E-state index contributed by atoms with van der Waals surface area (Å²) in [4.78, 5) is 12.4. The molecule has 1 aliphatic heterocycles. The summed E-state index contributed by atoms with van der Waals surface area (Å²) in [7, 11) is 0. The first-order valence-corrected chi connectivity index (χ1v) is 8.22. The molecule has 0 unspecified atom stereocenters. The van der Waals surface area contributed by atoms with E-state index < -0.39 is 27.4 Å². The van der Waals surface area contributed by atoms with Crippen LogP contribution in [-0.2, 0) is 6.18 Å². The van der Waals surface area contributed by atoms with Gasteiger partial charge >= 0.3 is 6.18 Å². The molecular weight excluding hydrogens is 363 g/mol. The summed E-state index contributed by atoms with van der Waals surface area (Å²) >= 11 is 5.65. The highest BCUT2D eigenvalue weighted by Crippen LogP contribution is 2.40. The lowest BCUT2D eigenvalue weighted by atomic mass is 9.96. The van der Waals surface area contributed by atoms with Gasteiger partial charge in [-0.05, 0) is 37.9 Å². The van der Waals surface area contributed by atoms with E-state index in [2.05, 4.69) is 10.2 Å². The van der Waals surface area contributed by atoms with Gasteiger partial charge in [0.05, 0.1) is 22.1 Å². The zero-order chi connectivity index (χ0) is 18.6. The van der Waals surface area contributed by atoms with Gasteiger partial charge < -0.3 is 15.3 Å². The minimum absolute atomic E-state index is 0.0132. The van der Waals surface area contributed by atoms with Crippen molar-refractivity contribution in [1.82, 2.24) is 4.90 Å². The highest BCUT2D eigenvalue weighted by molar-refractivity contribution is 6.31. The van der Waals surface area contributed by atoms with Crippen LogP contribution in [0.2, 0.25) is 5.02 Å². The zero-order valence-electron chi connectivity index (χ0n) is 13.4. The van der Waals surface area contributed by atoms with Gasteiger partial charge in [0.1, 0.15) is 5.69 Å². The molecule has 2 rings (SSSR count). The van der Waals surface area contributed by atoms with Gasteiger partial charge in [-0.2, -0.15) is 13.2 Å². The van der Waals surface area contributed by atoms with E-state index >= 15 is 0 Å². The number of rotatable bonds is 6. The average Bonchev–Trinajstić information content (AvgIpc) is 2.53. The van der Waals surface area contributed by atoms with Crippen molar-refractivity contribution >= 4 is 23.0 Å². The van der Waals surface area contributed by atoms with E-state index in [0.717, 1.165) is 32.0 Å². The monoisotopic (exact) mass is 381 g/mol. The number of aliphatic hydroxyl groups is 1. The maximum atomic E-state index is 12.9. The molecule has 140 valence electrons. The fourth-order valence-corrected chi connectivity index (χ4v) is 3.15. The predicted molar refractivity (Wildman–Crippen MR) is 87.8 cm³/mol. The van der Waals surface area contributed by atoms with E-state index in [-0.39, 0.29) is 18.2 Å². The fourth-order valence-electron chi connectivity index (χ4n) is 2.88. The molecule has 0 aromatic heterocycles. The number of hydrogen-bond donors (Lipinski definition) is 2. The smallest absolute Gasteiger partial charge is 0.395 e. The van der Waals surface area contributed by atoms with Crippen LogP contribution in [0.4, 0.5) is 24.5 Å². The van der Waals surface area contributed by atoms with Gasteiger partial charge in [-0.3, -0.25) is 10.1 Å². The number of likely N-dealkylation sites (tertiary alicyclic amines) is 1. The molecule has 0 aliphatic carbocycles. The molecule has 1 heterocycles. The molecule has 1 aromatic rings. The predicted octanol–water partition coefficient (Wildman–Crippen LogP) is 3.38. The van der Waals surface area contributed by atoms with Crippen LogP contribution in [0.25, 0.3) is 0 Å². The highest BCUT2D eigenvalue weighted by Gasteiger charge is 2.36. The fraction of sp³-hybridized carbons (Fsp3) is 0.600. The number of nitro groups is 1. The van der Waals surface area contributed by atoms with Crippen LogP contribution in [0.1, 0.15) is 18.4 Å². The zero-order valence-corrected chi connectivity index (χ0v) is 14.1. The summed E-state index contributed by atoms with van der Waals surface area (Å²) in [6.07, 6.45) is -3.07. The molecule has 0 bridgehead atoms. The quantitative estimate of drug-likeness (QED) is 0.583. The lowest BCUT2D eigenvalue weighted by Gasteiger charge is -2.31. The summed E-state index contributed by atoms with van der Waals surface area (Å²) < 4.78 is 38.6. The second-order valence-electron chi connectivity index (χ2n) is 5.99. The maximum absolute atomic E-state index is 12.9.